The number of rotatable bonds is 5. The van der Waals surface area contributed by atoms with Crippen molar-refractivity contribution in [3.8, 4) is 0 Å². The van der Waals surface area contributed by atoms with Gasteiger partial charge in [-0.25, -0.2) is 13.1 Å². The summed E-state index contributed by atoms with van der Waals surface area (Å²) in [6, 6.07) is 4.50. The SMILES string of the molecule is Cc1ccc(S(=O)(=O)NCC2(C(N)=O)CCOCC2)cc1Cl. The lowest BCUT2D eigenvalue weighted by atomic mass is 9.80. The van der Waals surface area contributed by atoms with Crippen molar-refractivity contribution in [3.63, 3.8) is 0 Å². The van der Waals surface area contributed by atoms with E-state index in [-0.39, 0.29) is 11.4 Å². The van der Waals surface area contributed by atoms with Crippen LogP contribution < -0.4 is 10.5 Å². The fourth-order valence-corrected chi connectivity index (χ4v) is 3.73. The van der Waals surface area contributed by atoms with Crippen molar-refractivity contribution < 1.29 is 17.9 Å². The Morgan fingerprint density at radius 2 is 2.05 bits per heavy atom. The highest BCUT2D eigenvalue weighted by atomic mass is 35.5. The number of ether oxygens (including phenoxy) is 1. The molecule has 0 unspecified atom stereocenters. The van der Waals surface area contributed by atoms with E-state index in [0.29, 0.717) is 31.1 Å². The second kappa shape index (κ2) is 6.54. The molecular formula is C14H19ClN2O4S. The molecule has 0 atom stereocenters. The molecule has 0 aromatic heterocycles. The minimum absolute atomic E-state index is 0.0421. The quantitative estimate of drug-likeness (QED) is 0.837. The number of benzene rings is 1. The lowest BCUT2D eigenvalue weighted by Crippen LogP contribution is -2.49. The van der Waals surface area contributed by atoms with Crippen LogP contribution in [0, 0.1) is 12.3 Å². The van der Waals surface area contributed by atoms with Gasteiger partial charge in [-0.15, -0.1) is 0 Å². The molecule has 0 spiro atoms. The molecule has 0 bridgehead atoms. The molecule has 8 heteroatoms. The molecule has 1 saturated heterocycles. The van der Waals surface area contributed by atoms with E-state index in [0.717, 1.165) is 5.56 Å². The summed E-state index contributed by atoms with van der Waals surface area (Å²) in [7, 11) is -3.75. The van der Waals surface area contributed by atoms with Crippen molar-refractivity contribution in [2.45, 2.75) is 24.7 Å². The van der Waals surface area contributed by atoms with E-state index in [2.05, 4.69) is 4.72 Å². The molecule has 0 saturated carbocycles. The van der Waals surface area contributed by atoms with E-state index >= 15 is 0 Å². The molecule has 1 aliphatic heterocycles. The van der Waals surface area contributed by atoms with E-state index in [9.17, 15) is 13.2 Å². The number of nitrogens with two attached hydrogens (primary N) is 1. The molecule has 1 aliphatic rings. The first-order valence-corrected chi connectivity index (χ1v) is 8.76. The van der Waals surface area contributed by atoms with Gasteiger partial charge >= 0.3 is 0 Å². The Hall–Kier alpha value is -1.15. The number of aryl methyl sites for hydroxylation is 1. The zero-order valence-electron chi connectivity index (χ0n) is 12.3. The lowest BCUT2D eigenvalue weighted by molar-refractivity contribution is -0.132. The summed E-state index contributed by atoms with van der Waals surface area (Å²) in [4.78, 5) is 11.8. The largest absolute Gasteiger partial charge is 0.381 e. The summed E-state index contributed by atoms with van der Waals surface area (Å²) in [5.41, 5.74) is 5.35. The van der Waals surface area contributed by atoms with Gasteiger partial charge in [-0.3, -0.25) is 4.79 Å². The molecule has 1 fully saturated rings. The summed E-state index contributed by atoms with van der Waals surface area (Å²) < 4.78 is 32.4. The molecule has 2 rings (SSSR count). The molecule has 0 radical (unpaired) electrons. The summed E-state index contributed by atoms with van der Waals surface area (Å²) in [6.07, 6.45) is 0.805. The third-order valence-corrected chi connectivity index (χ3v) is 5.83. The van der Waals surface area contributed by atoms with E-state index in [1.807, 2.05) is 0 Å². The minimum atomic E-state index is -3.75. The van der Waals surface area contributed by atoms with E-state index in [1.54, 1.807) is 13.0 Å². The number of amides is 1. The van der Waals surface area contributed by atoms with Gasteiger partial charge in [-0.1, -0.05) is 17.7 Å². The number of carbonyl (C=O) groups is 1. The number of primary amides is 1. The minimum Gasteiger partial charge on any atom is -0.381 e. The average Bonchev–Trinajstić information content (AvgIpc) is 2.49. The van der Waals surface area contributed by atoms with Crippen molar-refractivity contribution in [1.82, 2.24) is 4.72 Å². The van der Waals surface area contributed by atoms with Gasteiger partial charge in [-0.2, -0.15) is 0 Å². The van der Waals surface area contributed by atoms with E-state index in [4.69, 9.17) is 22.1 Å². The van der Waals surface area contributed by atoms with Crippen LogP contribution in [0.5, 0.6) is 0 Å². The molecule has 3 N–H and O–H groups in total. The number of hydrogen-bond donors (Lipinski definition) is 2. The van der Waals surface area contributed by atoms with Crippen LogP contribution in [0.4, 0.5) is 0 Å². The molecule has 0 aliphatic carbocycles. The van der Waals surface area contributed by atoms with Gasteiger partial charge in [0.2, 0.25) is 15.9 Å². The van der Waals surface area contributed by atoms with Crippen LogP contribution in [0.2, 0.25) is 5.02 Å². The van der Waals surface area contributed by atoms with Gasteiger partial charge in [0, 0.05) is 24.8 Å². The average molecular weight is 347 g/mol. The standard InChI is InChI=1S/C14H19ClN2O4S/c1-10-2-3-11(8-12(10)15)22(19,20)17-9-14(13(16)18)4-6-21-7-5-14/h2-3,8,17H,4-7,9H2,1H3,(H2,16,18). The topological polar surface area (TPSA) is 98.5 Å². The maximum Gasteiger partial charge on any atom is 0.240 e. The number of carbonyl (C=O) groups excluding carboxylic acids is 1. The summed E-state index contributed by atoms with van der Waals surface area (Å²) in [6.45, 7) is 2.53. The number of nitrogens with one attached hydrogen (secondary N) is 1. The van der Waals surface area contributed by atoms with Gasteiger partial charge in [0.25, 0.3) is 0 Å². The summed E-state index contributed by atoms with van der Waals surface area (Å²) in [5, 5.41) is 0.374. The van der Waals surface area contributed by atoms with Crippen LogP contribution in [0.3, 0.4) is 0 Å². The van der Waals surface area contributed by atoms with Crippen molar-refractivity contribution >= 4 is 27.5 Å². The summed E-state index contributed by atoms with van der Waals surface area (Å²) in [5.74, 6) is -0.513. The fraction of sp³-hybridized carbons (Fsp3) is 0.500. The monoisotopic (exact) mass is 346 g/mol. The molecule has 22 heavy (non-hydrogen) atoms. The Kier molecular flexibility index (Phi) is 5.11. The Morgan fingerprint density at radius 3 is 2.59 bits per heavy atom. The molecule has 1 aromatic carbocycles. The molecule has 1 heterocycles. The Bertz CT molecular complexity index is 669. The maximum absolute atomic E-state index is 12.4. The highest BCUT2D eigenvalue weighted by Gasteiger charge is 2.39. The Balaban J connectivity index is 2.17. The molecule has 122 valence electrons. The highest BCUT2D eigenvalue weighted by Crippen LogP contribution is 2.30. The van der Waals surface area contributed by atoms with E-state index < -0.39 is 21.3 Å². The number of halogens is 1. The predicted molar refractivity (Wildman–Crippen MR) is 83.1 cm³/mol. The fourth-order valence-electron chi connectivity index (χ4n) is 2.33. The van der Waals surface area contributed by atoms with Crippen molar-refractivity contribution in [2.75, 3.05) is 19.8 Å². The smallest absolute Gasteiger partial charge is 0.240 e. The van der Waals surface area contributed by atoms with Gasteiger partial charge in [-0.05, 0) is 37.5 Å². The zero-order chi connectivity index (χ0) is 16.4. The Morgan fingerprint density at radius 1 is 1.41 bits per heavy atom. The van der Waals surface area contributed by atoms with Crippen molar-refractivity contribution in [1.29, 1.82) is 0 Å². The highest BCUT2D eigenvalue weighted by molar-refractivity contribution is 7.89. The number of sulfonamides is 1. The second-order valence-electron chi connectivity index (χ2n) is 5.49. The first-order valence-electron chi connectivity index (χ1n) is 6.90. The van der Waals surface area contributed by atoms with Crippen LogP contribution in [0.15, 0.2) is 23.1 Å². The first kappa shape index (κ1) is 17.2. The van der Waals surface area contributed by atoms with Crippen LogP contribution in [-0.2, 0) is 19.6 Å². The third-order valence-electron chi connectivity index (χ3n) is 4.03. The van der Waals surface area contributed by atoms with Crippen LogP contribution in [-0.4, -0.2) is 34.1 Å². The molecular weight excluding hydrogens is 328 g/mol. The predicted octanol–water partition coefficient (Wildman–Crippen LogP) is 1.21. The lowest BCUT2D eigenvalue weighted by Gasteiger charge is -2.34. The van der Waals surface area contributed by atoms with E-state index in [1.165, 1.54) is 12.1 Å². The second-order valence-corrected chi connectivity index (χ2v) is 7.67. The van der Waals surface area contributed by atoms with Crippen LogP contribution in [0.25, 0.3) is 0 Å². The Labute approximate surface area is 135 Å². The first-order chi connectivity index (χ1) is 10.3. The van der Waals surface area contributed by atoms with Gasteiger partial charge in [0.15, 0.2) is 0 Å². The normalized spacial score (nSPS) is 18.1. The van der Waals surface area contributed by atoms with Gasteiger partial charge in [0.05, 0.1) is 10.3 Å². The van der Waals surface area contributed by atoms with Gasteiger partial charge < -0.3 is 10.5 Å². The molecule has 1 amide bonds. The molecule has 1 aromatic rings. The zero-order valence-corrected chi connectivity index (χ0v) is 13.8. The van der Waals surface area contributed by atoms with Crippen LogP contribution in [0.1, 0.15) is 18.4 Å². The van der Waals surface area contributed by atoms with Crippen LogP contribution >= 0.6 is 11.6 Å². The molecule has 6 nitrogen and oxygen atoms in total. The maximum atomic E-state index is 12.4. The van der Waals surface area contributed by atoms with Crippen molar-refractivity contribution in [3.05, 3.63) is 28.8 Å². The summed E-state index contributed by atoms with van der Waals surface area (Å²) >= 11 is 5.96. The van der Waals surface area contributed by atoms with Gasteiger partial charge in [0.1, 0.15) is 0 Å². The third kappa shape index (κ3) is 3.60. The number of hydrogen-bond acceptors (Lipinski definition) is 4. The van der Waals surface area contributed by atoms with Crippen molar-refractivity contribution in [2.24, 2.45) is 11.1 Å².